The summed E-state index contributed by atoms with van der Waals surface area (Å²) in [6.07, 6.45) is 4.52. The van der Waals surface area contributed by atoms with Gasteiger partial charge in [-0.05, 0) is 0 Å². The van der Waals surface area contributed by atoms with Gasteiger partial charge < -0.3 is 23.7 Å². The second-order valence-electron chi connectivity index (χ2n) is 5.22. The van der Waals surface area contributed by atoms with Gasteiger partial charge in [0.15, 0.2) is 0 Å². The van der Waals surface area contributed by atoms with Gasteiger partial charge in [-0.2, -0.15) is 8.78 Å². The smallest absolute Gasteiger partial charge is 0.313 e. The molecule has 1 rings (SSSR count). The molecule has 0 aliphatic carbocycles. The molecule has 0 amide bonds. The number of esters is 1. The van der Waals surface area contributed by atoms with Crippen molar-refractivity contribution in [2.75, 3.05) is 52.9 Å². The Bertz CT molecular complexity index is 678. The van der Waals surface area contributed by atoms with Gasteiger partial charge in [-0.15, -0.1) is 6.42 Å². The quantitative estimate of drug-likeness (QED) is 0.0866. The summed E-state index contributed by atoms with van der Waals surface area (Å²) in [6.45, 7) is 1.65. The molecule has 0 aliphatic rings. The number of hydrogen-bond acceptors (Lipinski definition) is 6. The predicted molar refractivity (Wildman–Crippen MR) is 88.6 cm³/mol. The normalized spacial score (nSPS) is 10.8. The Morgan fingerprint density at radius 3 is 1.59 bits per heavy atom. The average Bonchev–Trinajstić information content (AvgIpc) is 2.71. The Labute approximate surface area is 163 Å². The van der Waals surface area contributed by atoms with Crippen molar-refractivity contribution >= 4 is 5.97 Å². The molecule has 0 heterocycles. The molecular weight excluding hydrogens is 407 g/mol. The van der Waals surface area contributed by atoms with Crippen molar-refractivity contribution in [1.29, 1.82) is 0 Å². The molecular formula is C18H19F5O6. The highest BCUT2D eigenvalue weighted by Gasteiger charge is 2.28. The molecule has 0 unspecified atom stereocenters. The summed E-state index contributed by atoms with van der Waals surface area (Å²) in [5, 5.41) is 0. The highest BCUT2D eigenvalue weighted by molar-refractivity contribution is 5.72. The standard InChI is InChI=1S/C18H19F5O6/c1-2-4-25-6-8-27-10-11-28-9-7-26-5-3-12(24)29-18-16(22)14(20)13(19)15(21)17(18)23/h1H,3-11H2. The van der Waals surface area contributed by atoms with Gasteiger partial charge in [0.1, 0.15) is 6.61 Å². The van der Waals surface area contributed by atoms with Gasteiger partial charge in [-0.1, -0.05) is 5.92 Å². The maximum Gasteiger partial charge on any atom is 0.313 e. The zero-order valence-corrected chi connectivity index (χ0v) is 15.3. The highest BCUT2D eigenvalue weighted by Crippen LogP contribution is 2.29. The van der Waals surface area contributed by atoms with Crippen LogP contribution in [0.3, 0.4) is 0 Å². The summed E-state index contributed by atoms with van der Waals surface area (Å²) in [5.74, 6) is -11.8. The van der Waals surface area contributed by atoms with Crippen LogP contribution in [0.15, 0.2) is 0 Å². The van der Waals surface area contributed by atoms with E-state index < -0.39 is 47.2 Å². The van der Waals surface area contributed by atoms with E-state index in [4.69, 9.17) is 25.4 Å². The number of hydrogen-bond donors (Lipinski definition) is 0. The second kappa shape index (κ2) is 13.8. The van der Waals surface area contributed by atoms with E-state index in [1.807, 2.05) is 0 Å². The number of halogens is 5. The van der Waals surface area contributed by atoms with Gasteiger partial charge in [0.05, 0.1) is 52.7 Å². The summed E-state index contributed by atoms with van der Waals surface area (Å²) in [5.41, 5.74) is 0. The van der Waals surface area contributed by atoms with Crippen LogP contribution in [0, 0.1) is 41.4 Å². The molecule has 0 atom stereocenters. The lowest BCUT2D eigenvalue weighted by molar-refractivity contribution is -0.136. The fourth-order valence-corrected chi connectivity index (χ4v) is 1.79. The lowest BCUT2D eigenvalue weighted by Gasteiger charge is -2.09. The van der Waals surface area contributed by atoms with Crippen LogP contribution < -0.4 is 4.74 Å². The van der Waals surface area contributed by atoms with Gasteiger partial charge in [-0.25, -0.2) is 13.2 Å². The molecule has 29 heavy (non-hydrogen) atoms. The third-order valence-corrected chi connectivity index (χ3v) is 3.14. The number of carbonyl (C=O) groups excluding carboxylic acids is 1. The minimum atomic E-state index is -2.34. The Morgan fingerprint density at radius 1 is 0.690 bits per heavy atom. The number of ether oxygens (including phenoxy) is 5. The number of rotatable bonds is 14. The molecule has 0 N–H and O–H groups in total. The zero-order valence-electron chi connectivity index (χ0n) is 15.3. The molecule has 0 aromatic heterocycles. The van der Waals surface area contributed by atoms with Gasteiger partial charge >= 0.3 is 5.97 Å². The minimum absolute atomic E-state index is 0.0983. The van der Waals surface area contributed by atoms with E-state index in [-0.39, 0.29) is 26.4 Å². The Morgan fingerprint density at radius 2 is 1.10 bits per heavy atom. The van der Waals surface area contributed by atoms with E-state index in [0.717, 1.165) is 0 Å². The summed E-state index contributed by atoms with van der Waals surface area (Å²) in [7, 11) is 0. The molecule has 1 aromatic rings. The molecule has 0 bridgehead atoms. The summed E-state index contributed by atoms with van der Waals surface area (Å²) in [6, 6.07) is 0. The van der Waals surface area contributed by atoms with Gasteiger partial charge in [0, 0.05) is 0 Å². The predicted octanol–water partition coefficient (Wildman–Crippen LogP) is 2.38. The van der Waals surface area contributed by atoms with Crippen molar-refractivity contribution in [1.82, 2.24) is 0 Å². The molecule has 0 aliphatic heterocycles. The van der Waals surface area contributed by atoms with Gasteiger partial charge in [0.25, 0.3) is 0 Å². The van der Waals surface area contributed by atoms with E-state index in [9.17, 15) is 26.7 Å². The number of carbonyl (C=O) groups is 1. The molecule has 162 valence electrons. The van der Waals surface area contributed by atoms with Crippen molar-refractivity contribution in [2.45, 2.75) is 6.42 Å². The van der Waals surface area contributed by atoms with Crippen LogP contribution in [0.2, 0.25) is 0 Å². The van der Waals surface area contributed by atoms with Crippen LogP contribution in [0.25, 0.3) is 0 Å². The molecule has 0 spiro atoms. The third-order valence-electron chi connectivity index (χ3n) is 3.14. The zero-order chi connectivity index (χ0) is 21.6. The van der Waals surface area contributed by atoms with Gasteiger partial charge in [0.2, 0.25) is 34.8 Å². The molecule has 1 aromatic carbocycles. The fourth-order valence-electron chi connectivity index (χ4n) is 1.79. The molecule has 0 fully saturated rings. The molecule has 0 saturated heterocycles. The van der Waals surface area contributed by atoms with E-state index in [1.54, 1.807) is 0 Å². The van der Waals surface area contributed by atoms with Crippen LogP contribution in [-0.4, -0.2) is 58.8 Å². The molecule has 0 radical (unpaired) electrons. The maximum atomic E-state index is 13.4. The lowest BCUT2D eigenvalue weighted by atomic mass is 10.2. The maximum absolute atomic E-state index is 13.4. The Hall–Kier alpha value is -2.26. The largest absolute Gasteiger partial charge is 0.420 e. The average molecular weight is 426 g/mol. The van der Waals surface area contributed by atoms with Crippen molar-refractivity contribution in [3.05, 3.63) is 29.1 Å². The Balaban J connectivity index is 2.13. The first kappa shape index (κ1) is 24.8. The first-order chi connectivity index (χ1) is 13.9. The van der Waals surface area contributed by atoms with Crippen LogP contribution >= 0.6 is 0 Å². The van der Waals surface area contributed by atoms with Crippen molar-refractivity contribution < 1.29 is 50.4 Å². The summed E-state index contributed by atoms with van der Waals surface area (Å²) in [4.78, 5) is 11.5. The first-order valence-corrected chi connectivity index (χ1v) is 8.36. The van der Waals surface area contributed by atoms with Gasteiger partial charge in [-0.3, -0.25) is 4.79 Å². The highest BCUT2D eigenvalue weighted by atomic mass is 19.2. The molecule has 0 saturated carbocycles. The first-order valence-electron chi connectivity index (χ1n) is 8.36. The van der Waals surface area contributed by atoms with E-state index in [0.29, 0.717) is 26.4 Å². The van der Waals surface area contributed by atoms with Crippen molar-refractivity contribution in [3.8, 4) is 18.1 Å². The number of terminal acetylenes is 1. The Kier molecular flexibility index (Phi) is 11.8. The molecule has 11 heteroatoms. The third kappa shape index (κ3) is 8.74. The lowest BCUT2D eigenvalue weighted by Crippen LogP contribution is -2.16. The summed E-state index contributed by atoms with van der Waals surface area (Å²) >= 11 is 0. The summed E-state index contributed by atoms with van der Waals surface area (Å²) < 4.78 is 90.3. The minimum Gasteiger partial charge on any atom is -0.420 e. The van der Waals surface area contributed by atoms with Crippen molar-refractivity contribution in [3.63, 3.8) is 0 Å². The fraction of sp³-hybridized carbons (Fsp3) is 0.500. The van der Waals surface area contributed by atoms with E-state index in [1.165, 1.54) is 0 Å². The van der Waals surface area contributed by atoms with Crippen LogP contribution in [-0.2, 0) is 23.7 Å². The topological polar surface area (TPSA) is 63.2 Å². The van der Waals surface area contributed by atoms with Crippen molar-refractivity contribution in [2.24, 2.45) is 0 Å². The monoisotopic (exact) mass is 426 g/mol. The van der Waals surface area contributed by atoms with E-state index >= 15 is 0 Å². The van der Waals surface area contributed by atoms with Crippen LogP contribution in [0.1, 0.15) is 6.42 Å². The van der Waals surface area contributed by atoms with Crippen LogP contribution in [0.5, 0.6) is 5.75 Å². The number of benzene rings is 1. The second-order valence-corrected chi connectivity index (χ2v) is 5.22. The van der Waals surface area contributed by atoms with E-state index in [2.05, 4.69) is 10.7 Å². The SMILES string of the molecule is C#CCOCCOCCOCCOCCC(=O)Oc1c(F)c(F)c(F)c(F)c1F. The molecule has 6 nitrogen and oxygen atoms in total. The van der Waals surface area contributed by atoms with Crippen LogP contribution in [0.4, 0.5) is 22.0 Å².